The minimum Gasteiger partial charge on any atom is -0.380 e. The highest BCUT2D eigenvalue weighted by molar-refractivity contribution is 6.04. The van der Waals surface area contributed by atoms with Crippen molar-refractivity contribution in [3.05, 3.63) is 59.2 Å². The molecule has 4 aromatic heterocycles. The molecule has 0 spiro atoms. The van der Waals surface area contributed by atoms with Gasteiger partial charge in [0.05, 0.1) is 47.3 Å². The van der Waals surface area contributed by atoms with Crippen LogP contribution in [0.3, 0.4) is 0 Å². The smallest absolute Gasteiger partial charge is 0.258 e. The molecule has 0 aromatic carbocycles. The molecule has 0 saturated carbocycles. The summed E-state index contributed by atoms with van der Waals surface area (Å²) in [6, 6.07) is 3.65. The van der Waals surface area contributed by atoms with Crippen molar-refractivity contribution < 1.29 is 4.79 Å². The van der Waals surface area contributed by atoms with Gasteiger partial charge in [-0.2, -0.15) is 5.10 Å². The monoisotopic (exact) mass is 472 g/mol. The van der Waals surface area contributed by atoms with Crippen LogP contribution in [-0.2, 0) is 19.0 Å². The summed E-state index contributed by atoms with van der Waals surface area (Å²) in [4.78, 5) is 21.9. The van der Waals surface area contributed by atoms with E-state index < -0.39 is 0 Å². The second-order valence-corrected chi connectivity index (χ2v) is 9.71. The van der Waals surface area contributed by atoms with E-state index in [0.29, 0.717) is 29.3 Å². The lowest BCUT2D eigenvalue weighted by Crippen LogP contribution is -2.19. The predicted molar refractivity (Wildman–Crippen MR) is 132 cm³/mol. The first-order valence-electron chi connectivity index (χ1n) is 11.3. The first-order valence-corrected chi connectivity index (χ1v) is 11.3. The summed E-state index contributed by atoms with van der Waals surface area (Å²) in [5.74, 6) is 1.25. The van der Waals surface area contributed by atoms with Gasteiger partial charge in [-0.05, 0) is 19.9 Å². The van der Waals surface area contributed by atoms with Crippen LogP contribution in [-0.4, -0.2) is 45.2 Å². The number of pyridine rings is 1. The Kier molecular flexibility index (Phi) is 5.27. The van der Waals surface area contributed by atoms with Crippen LogP contribution in [0.15, 0.2) is 36.4 Å². The van der Waals surface area contributed by atoms with E-state index in [4.69, 9.17) is 0 Å². The van der Waals surface area contributed by atoms with Gasteiger partial charge in [-0.3, -0.25) is 19.0 Å². The number of nitrogens with zero attached hydrogens (tertiary/aromatic N) is 8. The van der Waals surface area contributed by atoms with E-state index in [1.54, 1.807) is 27.8 Å². The van der Waals surface area contributed by atoms with E-state index in [1.807, 2.05) is 43.9 Å². The summed E-state index contributed by atoms with van der Waals surface area (Å²) in [5.41, 5.74) is 5.15. The Morgan fingerprint density at radius 2 is 1.94 bits per heavy atom. The van der Waals surface area contributed by atoms with Crippen LogP contribution in [0, 0.1) is 6.92 Å². The van der Waals surface area contributed by atoms with Crippen LogP contribution in [0.1, 0.15) is 55.3 Å². The molecule has 4 aromatic rings. The number of aryl methyl sites for hydroxylation is 2. The molecule has 0 aliphatic carbocycles. The number of carbonyl (C=O) groups is 1. The van der Waals surface area contributed by atoms with Crippen molar-refractivity contribution in [3.63, 3.8) is 0 Å². The van der Waals surface area contributed by atoms with Gasteiger partial charge in [0.1, 0.15) is 17.3 Å². The molecule has 180 valence electrons. The predicted octanol–water partition coefficient (Wildman–Crippen LogP) is 3.04. The third kappa shape index (κ3) is 4.20. The number of nitrogens with one attached hydrogen (secondary N) is 2. The quantitative estimate of drug-likeness (QED) is 0.468. The second kappa shape index (κ2) is 8.19. The highest BCUT2D eigenvalue weighted by atomic mass is 16.1. The molecule has 1 aliphatic rings. The Labute approximate surface area is 202 Å². The zero-order valence-corrected chi connectivity index (χ0v) is 20.7. The zero-order chi connectivity index (χ0) is 24.9. The van der Waals surface area contributed by atoms with Gasteiger partial charge in [0.2, 0.25) is 0 Å². The van der Waals surface area contributed by atoms with E-state index in [-0.39, 0.29) is 11.3 Å². The fourth-order valence-corrected chi connectivity index (χ4v) is 3.84. The maximum atomic E-state index is 13.0. The number of allylic oxidation sites excluding steroid dienone is 1. The lowest BCUT2D eigenvalue weighted by Gasteiger charge is -2.15. The third-order valence-electron chi connectivity index (χ3n) is 5.94. The normalized spacial score (nSPS) is 13.3. The van der Waals surface area contributed by atoms with Gasteiger partial charge in [0.25, 0.3) is 5.91 Å². The van der Waals surface area contributed by atoms with Crippen molar-refractivity contribution in [2.24, 2.45) is 7.05 Å². The third-order valence-corrected chi connectivity index (χ3v) is 5.94. The van der Waals surface area contributed by atoms with Crippen LogP contribution in [0.4, 0.5) is 5.82 Å². The SMILES string of the molecule is CC1=Cn2c(-c3cn(-c4cc(C(=O)Nc5cc(C(C)(C)C)nn5C)cnc4C)nn3)cnc2CN1. The molecule has 11 nitrogen and oxygen atoms in total. The molecule has 11 heteroatoms. The minimum atomic E-state index is -0.277. The Morgan fingerprint density at radius 1 is 1.14 bits per heavy atom. The molecule has 0 radical (unpaired) electrons. The maximum Gasteiger partial charge on any atom is 0.258 e. The molecule has 0 bridgehead atoms. The fraction of sp³-hybridized carbons (Fsp3) is 0.333. The molecule has 2 N–H and O–H groups in total. The van der Waals surface area contributed by atoms with Gasteiger partial charge in [-0.1, -0.05) is 26.0 Å². The Hall–Kier alpha value is -4.28. The van der Waals surface area contributed by atoms with Gasteiger partial charge >= 0.3 is 0 Å². The molecule has 0 fully saturated rings. The molecular weight excluding hydrogens is 444 g/mol. The number of rotatable bonds is 4. The first kappa shape index (κ1) is 22.5. The van der Waals surface area contributed by atoms with Crippen LogP contribution in [0.25, 0.3) is 23.3 Å². The van der Waals surface area contributed by atoms with Crippen LogP contribution in [0.5, 0.6) is 0 Å². The molecule has 1 aliphatic heterocycles. The largest absolute Gasteiger partial charge is 0.380 e. The van der Waals surface area contributed by atoms with E-state index in [0.717, 1.165) is 28.6 Å². The van der Waals surface area contributed by atoms with E-state index in [1.165, 1.54) is 0 Å². The topological polar surface area (TPSA) is 120 Å². The summed E-state index contributed by atoms with van der Waals surface area (Å²) in [5, 5.41) is 19.4. The van der Waals surface area contributed by atoms with Crippen molar-refractivity contribution in [3.8, 4) is 17.1 Å². The molecular formula is C24H28N10O. The molecule has 0 unspecified atom stereocenters. The zero-order valence-electron chi connectivity index (χ0n) is 20.7. The number of fused-ring (bicyclic) bond motifs is 1. The number of carbonyl (C=O) groups excluding carboxylic acids is 1. The first-order chi connectivity index (χ1) is 16.6. The highest BCUT2D eigenvalue weighted by Crippen LogP contribution is 2.25. The molecule has 0 atom stereocenters. The van der Waals surface area contributed by atoms with Crippen LogP contribution in [0.2, 0.25) is 0 Å². The number of hydrogen-bond acceptors (Lipinski definition) is 7. The fourth-order valence-electron chi connectivity index (χ4n) is 3.84. The van der Waals surface area contributed by atoms with E-state index in [2.05, 4.69) is 56.8 Å². The van der Waals surface area contributed by atoms with Gasteiger partial charge in [0, 0.05) is 36.6 Å². The molecule has 5 heterocycles. The van der Waals surface area contributed by atoms with Gasteiger partial charge in [-0.15, -0.1) is 5.10 Å². The van der Waals surface area contributed by atoms with Crippen LogP contribution >= 0.6 is 0 Å². The Balaban J connectivity index is 1.42. The van der Waals surface area contributed by atoms with Crippen LogP contribution < -0.4 is 10.6 Å². The lowest BCUT2D eigenvalue weighted by molar-refractivity contribution is 0.102. The summed E-state index contributed by atoms with van der Waals surface area (Å²) < 4.78 is 5.31. The van der Waals surface area contributed by atoms with Crippen molar-refractivity contribution >= 4 is 17.9 Å². The molecule has 5 rings (SSSR count). The Morgan fingerprint density at radius 3 is 2.69 bits per heavy atom. The summed E-state index contributed by atoms with van der Waals surface area (Å²) >= 11 is 0. The molecule has 1 amide bonds. The minimum absolute atomic E-state index is 0.121. The number of amides is 1. The standard InChI is InChI=1S/C24H28N10O/c1-14-12-33-19(10-27-22(33)11-25-14)17-13-34(31-29-17)18-7-16(9-26-15(18)2)23(35)28-21-8-20(24(3,4)5)30-32(21)6/h7-10,12-13,25H,11H2,1-6H3,(H,28,35). The van der Waals surface area contributed by atoms with E-state index >= 15 is 0 Å². The van der Waals surface area contributed by atoms with E-state index in [9.17, 15) is 4.79 Å². The second-order valence-electron chi connectivity index (χ2n) is 9.71. The van der Waals surface area contributed by atoms with Gasteiger partial charge in [-0.25, -0.2) is 9.67 Å². The van der Waals surface area contributed by atoms with Crippen molar-refractivity contribution in [2.45, 2.75) is 46.6 Å². The lowest BCUT2D eigenvalue weighted by atomic mass is 9.92. The maximum absolute atomic E-state index is 13.0. The average Bonchev–Trinajstić information content (AvgIpc) is 3.52. The van der Waals surface area contributed by atoms with Gasteiger partial charge < -0.3 is 10.6 Å². The summed E-state index contributed by atoms with van der Waals surface area (Å²) in [7, 11) is 1.81. The molecule has 0 saturated heterocycles. The summed E-state index contributed by atoms with van der Waals surface area (Å²) in [6.45, 7) is 10.8. The van der Waals surface area contributed by atoms with Crippen molar-refractivity contribution in [1.29, 1.82) is 0 Å². The summed E-state index contributed by atoms with van der Waals surface area (Å²) in [6.07, 6.45) is 7.15. The number of hydrogen-bond donors (Lipinski definition) is 2. The van der Waals surface area contributed by atoms with Crippen molar-refractivity contribution in [1.82, 2.24) is 44.6 Å². The van der Waals surface area contributed by atoms with Crippen molar-refractivity contribution in [2.75, 3.05) is 5.32 Å². The number of anilines is 1. The molecule has 35 heavy (non-hydrogen) atoms. The van der Waals surface area contributed by atoms with Gasteiger partial charge in [0.15, 0.2) is 0 Å². The average molecular weight is 473 g/mol. The number of imidazole rings is 1. The Bertz CT molecular complexity index is 1460. The number of aromatic nitrogens is 8. The highest BCUT2D eigenvalue weighted by Gasteiger charge is 2.21.